The number of thioether (sulfide) groups is 1. The van der Waals surface area contributed by atoms with Crippen LogP contribution in [0.1, 0.15) is 25.0 Å². The zero-order valence-corrected chi connectivity index (χ0v) is 18.2. The fourth-order valence-corrected chi connectivity index (χ4v) is 4.14. The average molecular weight is 452 g/mol. The normalized spacial score (nSPS) is 15.3. The van der Waals surface area contributed by atoms with Gasteiger partial charge in [0.1, 0.15) is 11.5 Å². The summed E-state index contributed by atoms with van der Waals surface area (Å²) < 4.78 is 11.2. The predicted octanol–water partition coefficient (Wildman–Crippen LogP) is 6.03. The number of amides is 2. The molecule has 1 saturated heterocycles. The molecule has 2 aromatic carbocycles. The summed E-state index contributed by atoms with van der Waals surface area (Å²) in [4.78, 5) is 26.7. The van der Waals surface area contributed by atoms with Crippen LogP contribution in [0.25, 0.3) is 6.08 Å². The van der Waals surface area contributed by atoms with E-state index in [1.807, 2.05) is 13.8 Å². The van der Waals surface area contributed by atoms with Crippen LogP contribution < -0.4 is 9.47 Å². The monoisotopic (exact) mass is 451 g/mol. The van der Waals surface area contributed by atoms with E-state index in [9.17, 15) is 9.59 Å². The van der Waals surface area contributed by atoms with Gasteiger partial charge >= 0.3 is 0 Å². The second-order valence-corrected chi connectivity index (χ2v) is 7.84. The Balaban J connectivity index is 1.88. The van der Waals surface area contributed by atoms with Crippen molar-refractivity contribution in [3.8, 4) is 11.5 Å². The first kappa shape index (κ1) is 21.6. The first-order valence-electron chi connectivity index (χ1n) is 9.02. The van der Waals surface area contributed by atoms with Crippen LogP contribution in [-0.4, -0.2) is 29.3 Å². The fourth-order valence-electron chi connectivity index (χ4n) is 2.79. The summed E-state index contributed by atoms with van der Waals surface area (Å²) in [5.41, 5.74) is 1.23. The quantitative estimate of drug-likeness (QED) is 0.481. The van der Waals surface area contributed by atoms with E-state index in [-0.39, 0.29) is 11.8 Å². The van der Waals surface area contributed by atoms with E-state index in [2.05, 4.69) is 0 Å². The Labute approximate surface area is 183 Å². The maximum Gasteiger partial charge on any atom is 0.293 e. The maximum atomic E-state index is 12.9. The Hall–Kier alpha value is -2.15. The predicted molar refractivity (Wildman–Crippen MR) is 117 cm³/mol. The molecule has 2 amide bonds. The van der Waals surface area contributed by atoms with Crippen LogP contribution in [0.3, 0.4) is 0 Å². The molecule has 0 aliphatic carbocycles. The van der Waals surface area contributed by atoms with Gasteiger partial charge in [-0.15, -0.1) is 0 Å². The number of hydrogen-bond donors (Lipinski definition) is 0. The van der Waals surface area contributed by atoms with E-state index in [4.69, 9.17) is 32.7 Å². The third kappa shape index (κ3) is 4.89. The van der Waals surface area contributed by atoms with Crippen LogP contribution in [0.4, 0.5) is 4.79 Å². The van der Waals surface area contributed by atoms with Crippen LogP contribution >= 0.6 is 35.0 Å². The molecule has 0 bridgehead atoms. The number of halogens is 2. The fraction of sp³-hybridized carbons (Fsp3) is 0.238. The Morgan fingerprint density at radius 1 is 1.03 bits per heavy atom. The highest BCUT2D eigenvalue weighted by atomic mass is 35.5. The minimum atomic E-state index is -0.396. The van der Waals surface area contributed by atoms with Crippen molar-refractivity contribution in [3.63, 3.8) is 0 Å². The molecule has 0 unspecified atom stereocenters. The summed E-state index contributed by atoms with van der Waals surface area (Å²) in [5, 5.41) is 0.442. The summed E-state index contributed by atoms with van der Waals surface area (Å²) in [6.45, 7) is 4.79. The number of carbonyl (C=O) groups excluding carboxylic acids is 2. The van der Waals surface area contributed by atoms with Crippen molar-refractivity contribution in [3.05, 3.63) is 62.5 Å². The van der Waals surface area contributed by atoms with Crippen LogP contribution in [0, 0.1) is 0 Å². The van der Waals surface area contributed by atoms with Gasteiger partial charge in [0, 0.05) is 27.2 Å². The lowest BCUT2D eigenvalue weighted by Gasteiger charge is -2.15. The Bertz CT molecular complexity index is 957. The van der Waals surface area contributed by atoms with Gasteiger partial charge < -0.3 is 9.47 Å². The van der Waals surface area contributed by atoms with Crippen molar-refractivity contribution in [2.24, 2.45) is 0 Å². The lowest BCUT2D eigenvalue weighted by Crippen LogP contribution is -2.27. The van der Waals surface area contributed by atoms with Crippen molar-refractivity contribution in [1.82, 2.24) is 4.90 Å². The number of benzene rings is 2. The number of carbonyl (C=O) groups is 2. The maximum absolute atomic E-state index is 12.9. The van der Waals surface area contributed by atoms with Crippen molar-refractivity contribution in [2.75, 3.05) is 13.2 Å². The van der Waals surface area contributed by atoms with Crippen LogP contribution in [0.2, 0.25) is 10.0 Å². The second-order valence-electron chi connectivity index (χ2n) is 6.03. The molecule has 0 saturated carbocycles. The average Bonchev–Trinajstić information content (AvgIpc) is 2.94. The molecule has 1 heterocycles. The number of ether oxygens (including phenoxy) is 2. The lowest BCUT2D eigenvalue weighted by molar-refractivity contribution is -0.123. The summed E-state index contributed by atoms with van der Waals surface area (Å²) in [6.07, 6.45) is 1.65. The minimum Gasteiger partial charge on any atom is -0.494 e. The molecule has 29 heavy (non-hydrogen) atoms. The molecule has 0 aromatic heterocycles. The van der Waals surface area contributed by atoms with Gasteiger partial charge in [-0.3, -0.25) is 14.5 Å². The Morgan fingerprint density at radius 3 is 2.38 bits per heavy atom. The molecule has 1 fully saturated rings. The van der Waals surface area contributed by atoms with Crippen LogP contribution in [0.15, 0.2) is 41.3 Å². The highest BCUT2D eigenvalue weighted by molar-refractivity contribution is 8.18. The highest BCUT2D eigenvalue weighted by Gasteiger charge is 2.36. The van der Waals surface area contributed by atoms with Gasteiger partial charge in [0.2, 0.25) is 0 Å². The van der Waals surface area contributed by atoms with Crippen LogP contribution in [-0.2, 0) is 11.3 Å². The molecule has 0 radical (unpaired) electrons. The van der Waals surface area contributed by atoms with Gasteiger partial charge in [0.25, 0.3) is 11.1 Å². The topological polar surface area (TPSA) is 55.8 Å². The van der Waals surface area contributed by atoms with E-state index in [1.54, 1.807) is 42.5 Å². The van der Waals surface area contributed by atoms with Gasteiger partial charge in [0.05, 0.1) is 24.7 Å². The van der Waals surface area contributed by atoms with E-state index in [0.29, 0.717) is 50.8 Å². The van der Waals surface area contributed by atoms with Crippen molar-refractivity contribution in [2.45, 2.75) is 20.4 Å². The highest BCUT2D eigenvalue weighted by Crippen LogP contribution is 2.37. The van der Waals surface area contributed by atoms with E-state index < -0.39 is 5.91 Å². The third-order valence-corrected chi connectivity index (χ3v) is 5.75. The Kier molecular flexibility index (Phi) is 7.11. The van der Waals surface area contributed by atoms with Gasteiger partial charge in [-0.05, 0) is 56.0 Å². The SMILES string of the molecule is CCOc1ccc(/C=C2/SC(=O)N(Cc3c(Cl)cccc3Cl)C2=O)c(OCC)c1. The molecule has 0 atom stereocenters. The molecule has 3 rings (SSSR count). The summed E-state index contributed by atoms with van der Waals surface area (Å²) in [5.74, 6) is 0.862. The molecule has 5 nitrogen and oxygen atoms in total. The molecule has 2 aromatic rings. The van der Waals surface area contributed by atoms with Crippen molar-refractivity contribution >= 4 is 52.2 Å². The molecule has 0 N–H and O–H groups in total. The largest absolute Gasteiger partial charge is 0.494 e. The smallest absolute Gasteiger partial charge is 0.293 e. The first-order chi connectivity index (χ1) is 13.9. The first-order valence-corrected chi connectivity index (χ1v) is 10.6. The zero-order chi connectivity index (χ0) is 21.0. The van der Waals surface area contributed by atoms with Gasteiger partial charge in [-0.25, -0.2) is 0 Å². The summed E-state index contributed by atoms with van der Waals surface area (Å²) in [6, 6.07) is 10.4. The van der Waals surface area contributed by atoms with Gasteiger partial charge in [0.15, 0.2) is 0 Å². The molecule has 0 spiro atoms. The third-order valence-electron chi connectivity index (χ3n) is 4.13. The second kappa shape index (κ2) is 9.57. The Morgan fingerprint density at radius 2 is 1.72 bits per heavy atom. The molecular weight excluding hydrogens is 433 g/mol. The number of imide groups is 1. The minimum absolute atomic E-state index is 0.0160. The van der Waals surface area contributed by atoms with Crippen molar-refractivity contribution in [1.29, 1.82) is 0 Å². The zero-order valence-electron chi connectivity index (χ0n) is 15.9. The lowest BCUT2D eigenvalue weighted by atomic mass is 10.1. The molecule has 1 aliphatic rings. The number of rotatable bonds is 7. The molecule has 8 heteroatoms. The van der Waals surface area contributed by atoms with E-state index >= 15 is 0 Å². The van der Waals surface area contributed by atoms with Crippen LogP contribution in [0.5, 0.6) is 11.5 Å². The standard InChI is InChI=1S/C21H19Cl2NO4S/c1-3-27-14-9-8-13(18(11-14)28-4-2)10-19-20(25)24(21(26)29-19)12-15-16(22)6-5-7-17(15)23/h5-11H,3-4,12H2,1-2H3/b19-10+. The molecule has 152 valence electrons. The molecular formula is C21H19Cl2NO4S. The van der Waals surface area contributed by atoms with Crippen molar-refractivity contribution < 1.29 is 19.1 Å². The summed E-state index contributed by atoms with van der Waals surface area (Å²) >= 11 is 13.2. The molecule has 1 aliphatic heterocycles. The summed E-state index contributed by atoms with van der Waals surface area (Å²) in [7, 11) is 0. The van der Waals surface area contributed by atoms with E-state index in [0.717, 1.165) is 16.7 Å². The van der Waals surface area contributed by atoms with Gasteiger partial charge in [-0.1, -0.05) is 29.3 Å². The van der Waals surface area contributed by atoms with E-state index in [1.165, 1.54) is 0 Å². The number of nitrogens with zero attached hydrogens (tertiary/aromatic N) is 1. The van der Waals surface area contributed by atoms with Gasteiger partial charge in [-0.2, -0.15) is 0 Å². The number of hydrogen-bond acceptors (Lipinski definition) is 5.